The molecule has 1 saturated heterocycles. The Balaban J connectivity index is 1.47. The van der Waals surface area contributed by atoms with Crippen LogP contribution in [0.1, 0.15) is 16.7 Å². The summed E-state index contributed by atoms with van der Waals surface area (Å²) >= 11 is 10.3. The number of hydrogen-bond donors (Lipinski definition) is 1. The van der Waals surface area contributed by atoms with Crippen LogP contribution in [0.2, 0.25) is 5.02 Å². The Morgan fingerprint density at radius 2 is 1.86 bits per heavy atom. The fourth-order valence-corrected chi connectivity index (χ4v) is 5.08. The minimum atomic E-state index is -0.556. The van der Waals surface area contributed by atoms with Crippen molar-refractivity contribution in [1.82, 2.24) is 4.90 Å². The van der Waals surface area contributed by atoms with Crippen molar-refractivity contribution < 1.29 is 23.9 Å². The molecule has 0 aliphatic carbocycles. The minimum absolute atomic E-state index is 0.192. The summed E-state index contributed by atoms with van der Waals surface area (Å²) in [5.74, 6) is -0.106. The maximum absolute atomic E-state index is 12.9. The third kappa shape index (κ3) is 6.54. The number of carbonyl (C=O) groups is 3. The maximum atomic E-state index is 12.9. The van der Waals surface area contributed by atoms with Gasteiger partial charge in [-0.1, -0.05) is 53.6 Å². The van der Waals surface area contributed by atoms with Crippen LogP contribution in [0.5, 0.6) is 11.5 Å². The number of ether oxygens (including phenoxy) is 2. The second-order valence-corrected chi connectivity index (χ2v) is 10.4. The van der Waals surface area contributed by atoms with E-state index < -0.39 is 23.6 Å². The number of benzene rings is 3. The summed E-state index contributed by atoms with van der Waals surface area (Å²) in [7, 11) is 1.52. The van der Waals surface area contributed by atoms with Crippen molar-refractivity contribution in [2.75, 3.05) is 19.0 Å². The lowest BCUT2D eigenvalue weighted by Gasteiger charge is -2.14. The zero-order chi connectivity index (χ0) is 26.5. The third-order valence-electron chi connectivity index (χ3n) is 5.38. The summed E-state index contributed by atoms with van der Waals surface area (Å²) in [6.45, 7) is 1.95. The van der Waals surface area contributed by atoms with Gasteiger partial charge in [0.05, 0.1) is 27.2 Å². The molecule has 3 aromatic carbocycles. The van der Waals surface area contributed by atoms with Crippen LogP contribution in [-0.2, 0) is 16.2 Å². The van der Waals surface area contributed by atoms with Crippen molar-refractivity contribution in [2.24, 2.45) is 0 Å². The number of halogens is 2. The van der Waals surface area contributed by atoms with Crippen LogP contribution < -0.4 is 14.8 Å². The predicted octanol–water partition coefficient (Wildman–Crippen LogP) is 6.67. The average molecular weight is 602 g/mol. The second-order valence-electron chi connectivity index (χ2n) is 8.10. The summed E-state index contributed by atoms with van der Waals surface area (Å²) in [5.41, 5.74) is 3.20. The molecule has 0 unspecified atom stereocenters. The highest BCUT2D eigenvalue weighted by Gasteiger charge is 2.36. The number of aryl methyl sites for hydroxylation is 1. The van der Waals surface area contributed by atoms with Crippen LogP contribution in [0.15, 0.2) is 70.0 Å². The largest absolute Gasteiger partial charge is 0.493 e. The van der Waals surface area contributed by atoms with E-state index >= 15 is 0 Å². The number of carbonyl (C=O) groups excluding carboxylic acids is 3. The first-order valence-electron chi connectivity index (χ1n) is 11.1. The average Bonchev–Trinajstić information content (AvgIpc) is 3.12. The summed E-state index contributed by atoms with van der Waals surface area (Å²) in [5, 5.41) is 2.44. The highest BCUT2D eigenvalue weighted by Crippen LogP contribution is 2.39. The van der Waals surface area contributed by atoms with Gasteiger partial charge in [0.25, 0.3) is 11.1 Å². The van der Waals surface area contributed by atoms with Gasteiger partial charge < -0.3 is 14.8 Å². The summed E-state index contributed by atoms with van der Waals surface area (Å²) in [4.78, 5) is 38.9. The number of rotatable bonds is 8. The minimum Gasteiger partial charge on any atom is -0.493 e. The molecule has 190 valence electrons. The van der Waals surface area contributed by atoms with Crippen LogP contribution in [0.3, 0.4) is 0 Å². The quantitative estimate of drug-likeness (QED) is 0.290. The molecule has 10 heteroatoms. The van der Waals surface area contributed by atoms with Crippen molar-refractivity contribution in [3.63, 3.8) is 0 Å². The summed E-state index contributed by atoms with van der Waals surface area (Å²) in [6, 6.07) is 18.2. The van der Waals surface area contributed by atoms with Gasteiger partial charge in [-0.05, 0) is 76.1 Å². The zero-order valence-corrected chi connectivity index (χ0v) is 23.1. The molecular weight excluding hydrogens is 580 g/mol. The fourth-order valence-electron chi connectivity index (χ4n) is 3.49. The Morgan fingerprint density at radius 3 is 2.57 bits per heavy atom. The highest BCUT2D eigenvalue weighted by molar-refractivity contribution is 9.10. The second kappa shape index (κ2) is 11.9. The van der Waals surface area contributed by atoms with E-state index in [4.69, 9.17) is 21.1 Å². The van der Waals surface area contributed by atoms with Crippen LogP contribution in [0.25, 0.3) is 6.08 Å². The molecule has 1 aliphatic heterocycles. The first-order valence-corrected chi connectivity index (χ1v) is 13.1. The number of thioether (sulfide) groups is 1. The van der Waals surface area contributed by atoms with Crippen molar-refractivity contribution in [1.29, 1.82) is 0 Å². The van der Waals surface area contributed by atoms with Gasteiger partial charge >= 0.3 is 0 Å². The van der Waals surface area contributed by atoms with Crippen molar-refractivity contribution in [3.8, 4) is 11.5 Å². The van der Waals surface area contributed by atoms with E-state index in [1.54, 1.807) is 42.5 Å². The zero-order valence-electron chi connectivity index (χ0n) is 19.9. The molecule has 7 nitrogen and oxygen atoms in total. The summed E-state index contributed by atoms with van der Waals surface area (Å²) in [6.07, 6.45) is 1.58. The molecule has 1 heterocycles. The van der Waals surface area contributed by atoms with Crippen molar-refractivity contribution in [3.05, 3.63) is 91.8 Å². The van der Waals surface area contributed by atoms with Gasteiger partial charge in [0.2, 0.25) is 5.91 Å². The van der Waals surface area contributed by atoms with Crippen LogP contribution >= 0.6 is 39.3 Å². The lowest BCUT2D eigenvalue weighted by molar-refractivity contribution is -0.127. The monoisotopic (exact) mass is 600 g/mol. The van der Waals surface area contributed by atoms with Crippen LogP contribution in [0, 0.1) is 6.92 Å². The van der Waals surface area contributed by atoms with E-state index in [9.17, 15) is 14.4 Å². The molecule has 0 spiro atoms. The molecule has 1 N–H and O–H groups in total. The van der Waals surface area contributed by atoms with Gasteiger partial charge in [-0.2, -0.15) is 0 Å². The SMILES string of the molecule is COc1cc(/C=C2/SC(=O)N(CC(=O)Nc3ccccc3Cl)C2=O)cc(Br)c1OCc1ccc(C)cc1. The normalized spacial score (nSPS) is 14.3. The van der Waals surface area contributed by atoms with Crippen LogP contribution in [-0.4, -0.2) is 35.6 Å². The van der Waals surface area contributed by atoms with E-state index in [-0.39, 0.29) is 4.91 Å². The first-order chi connectivity index (χ1) is 17.7. The van der Waals surface area contributed by atoms with E-state index in [1.165, 1.54) is 7.11 Å². The lowest BCUT2D eigenvalue weighted by atomic mass is 10.1. The Bertz CT molecular complexity index is 1390. The third-order valence-corrected chi connectivity index (χ3v) is 7.20. The lowest BCUT2D eigenvalue weighted by Crippen LogP contribution is -2.36. The molecular formula is C27H22BrClN2O5S. The Labute approximate surface area is 231 Å². The van der Waals surface area contributed by atoms with Gasteiger partial charge in [-0.25, -0.2) is 0 Å². The van der Waals surface area contributed by atoms with E-state index in [1.807, 2.05) is 31.2 Å². The molecule has 0 bridgehead atoms. The van der Waals surface area contributed by atoms with Gasteiger partial charge in [-0.15, -0.1) is 0 Å². The van der Waals surface area contributed by atoms with Gasteiger partial charge in [0.15, 0.2) is 11.5 Å². The Morgan fingerprint density at radius 1 is 1.14 bits per heavy atom. The van der Waals surface area contributed by atoms with Gasteiger partial charge in [0, 0.05) is 0 Å². The topological polar surface area (TPSA) is 84.9 Å². The molecule has 1 fully saturated rings. The molecule has 1 aliphatic rings. The Kier molecular flexibility index (Phi) is 8.58. The van der Waals surface area contributed by atoms with E-state index in [0.717, 1.165) is 27.8 Å². The highest BCUT2D eigenvalue weighted by atomic mass is 79.9. The number of anilines is 1. The number of nitrogens with one attached hydrogen (secondary N) is 1. The summed E-state index contributed by atoms with van der Waals surface area (Å²) < 4.78 is 12.1. The predicted molar refractivity (Wildman–Crippen MR) is 149 cm³/mol. The number of imide groups is 1. The molecule has 3 amide bonds. The maximum Gasteiger partial charge on any atom is 0.294 e. The molecule has 0 aromatic heterocycles. The number of nitrogens with zero attached hydrogens (tertiary/aromatic N) is 1. The van der Waals surface area contributed by atoms with Crippen molar-refractivity contribution in [2.45, 2.75) is 13.5 Å². The van der Waals surface area contributed by atoms with E-state index in [0.29, 0.717) is 38.9 Å². The van der Waals surface area contributed by atoms with Gasteiger partial charge in [-0.3, -0.25) is 19.3 Å². The molecule has 4 rings (SSSR count). The number of hydrogen-bond acceptors (Lipinski definition) is 6. The molecule has 37 heavy (non-hydrogen) atoms. The van der Waals surface area contributed by atoms with Gasteiger partial charge in [0.1, 0.15) is 13.2 Å². The fraction of sp³-hybridized carbons (Fsp3) is 0.148. The molecule has 0 radical (unpaired) electrons. The van der Waals surface area contributed by atoms with Crippen LogP contribution in [0.4, 0.5) is 10.5 Å². The number of para-hydroxylation sites is 1. The van der Waals surface area contributed by atoms with Crippen molar-refractivity contribution >= 4 is 68.1 Å². The first kappa shape index (κ1) is 26.8. The molecule has 3 aromatic rings. The molecule has 0 atom stereocenters. The molecule has 0 saturated carbocycles. The number of amides is 3. The smallest absolute Gasteiger partial charge is 0.294 e. The number of methoxy groups -OCH3 is 1. The Hall–Kier alpha value is -3.27. The van der Waals surface area contributed by atoms with E-state index in [2.05, 4.69) is 21.2 Å². The standard InChI is InChI=1S/C27H22BrClN2O5S/c1-16-7-9-17(10-8-16)15-36-25-19(28)11-18(12-22(25)35-2)13-23-26(33)31(27(34)37-23)14-24(32)30-21-6-4-3-5-20(21)29/h3-13H,14-15H2,1-2H3,(H,30,32)/b23-13+.